The molecule has 0 unspecified atom stereocenters. The fourth-order valence-corrected chi connectivity index (χ4v) is 1.36. The largest absolute Gasteiger partial charge is 0.489 e. The summed E-state index contributed by atoms with van der Waals surface area (Å²) in [5.41, 5.74) is -0.243. The van der Waals surface area contributed by atoms with E-state index >= 15 is 0 Å². The van der Waals surface area contributed by atoms with Gasteiger partial charge in [-0.3, -0.25) is 0 Å². The molecule has 5 heteroatoms. The minimum atomic E-state index is -0.596. The first-order chi connectivity index (χ1) is 8.24. The summed E-state index contributed by atoms with van der Waals surface area (Å²) in [7, 11) is 0. The molecule has 1 aliphatic heterocycles. The van der Waals surface area contributed by atoms with Crippen LogP contribution < -0.4 is 0 Å². The zero-order valence-corrected chi connectivity index (χ0v) is 11.3. The topological polar surface area (TPSA) is 61.8 Å². The Morgan fingerprint density at radius 1 is 1.39 bits per heavy atom. The number of hydrogen-bond acceptors (Lipinski definition) is 5. The molecule has 0 saturated carbocycles. The Labute approximate surface area is 106 Å². The zero-order chi connectivity index (χ0) is 13.9. The molecular weight excluding hydrogens is 236 g/mol. The minimum absolute atomic E-state index is 0.105. The van der Waals surface area contributed by atoms with Crippen LogP contribution in [0.15, 0.2) is 23.2 Å². The number of cyclic esters (lactones) is 1. The van der Waals surface area contributed by atoms with Crippen molar-refractivity contribution in [2.75, 3.05) is 6.61 Å². The second-order valence-electron chi connectivity index (χ2n) is 4.82. The summed E-state index contributed by atoms with van der Waals surface area (Å²) in [6.07, 6.45) is 1.13. The molecule has 1 aliphatic rings. The molecule has 0 aliphatic carbocycles. The predicted octanol–water partition coefficient (Wildman–Crippen LogP) is 2.08. The van der Waals surface area contributed by atoms with Crippen molar-refractivity contribution in [3.05, 3.63) is 23.2 Å². The monoisotopic (exact) mass is 254 g/mol. The van der Waals surface area contributed by atoms with E-state index < -0.39 is 17.5 Å². The minimum Gasteiger partial charge on any atom is -0.489 e. The van der Waals surface area contributed by atoms with Gasteiger partial charge in [0.1, 0.15) is 5.60 Å². The lowest BCUT2D eigenvalue weighted by Gasteiger charge is -2.18. The molecular formula is C13H18O5. The first kappa shape index (κ1) is 14.3. The molecule has 0 amide bonds. The van der Waals surface area contributed by atoms with Crippen molar-refractivity contribution in [2.24, 2.45) is 0 Å². The normalized spacial score (nSPS) is 18.1. The van der Waals surface area contributed by atoms with Crippen molar-refractivity contribution < 1.29 is 23.8 Å². The quantitative estimate of drug-likeness (QED) is 0.570. The van der Waals surface area contributed by atoms with Gasteiger partial charge in [0.15, 0.2) is 11.5 Å². The molecule has 0 atom stereocenters. The summed E-state index contributed by atoms with van der Waals surface area (Å²) in [5, 5.41) is 0. The lowest BCUT2D eigenvalue weighted by Crippen LogP contribution is -2.23. The molecule has 1 heterocycles. The maximum atomic E-state index is 11.6. The van der Waals surface area contributed by atoms with Crippen LogP contribution in [0.25, 0.3) is 0 Å². The molecule has 1 rings (SSSR count). The highest BCUT2D eigenvalue weighted by Gasteiger charge is 2.29. The highest BCUT2D eigenvalue weighted by Crippen LogP contribution is 2.27. The molecule has 0 radical (unpaired) electrons. The van der Waals surface area contributed by atoms with Crippen LogP contribution in [-0.4, -0.2) is 24.1 Å². The first-order valence-electron chi connectivity index (χ1n) is 5.75. The van der Waals surface area contributed by atoms with E-state index in [-0.39, 0.29) is 5.76 Å². The van der Waals surface area contributed by atoms with Crippen LogP contribution in [0.4, 0.5) is 0 Å². The molecule has 0 saturated heterocycles. The smallest absolute Gasteiger partial charge is 0.343 e. The van der Waals surface area contributed by atoms with E-state index in [1.165, 1.54) is 0 Å². The Hall–Kier alpha value is -1.78. The Balaban J connectivity index is 2.90. The number of carbonyl (C=O) groups is 2. The molecule has 0 N–H and O–H groups in total. The van der Waals surface area contributed by atoms with Gasteiger partial charge in [0, 0.05) is 0 Å². The molecule has 18 heavy (non-hydrogen) atoms. The molecule has 0 fully saturated rings. The fraction of sp³-hybridized carbons (Fsp3) is 0.538. The van der Waals surface area contributed by atoms with E-state index in [0.29, 0.717) is 17.9 Å². The molecule has 0 aromatic heterocycles. The third-order valence-electron chi connectivity index (χ3n) is 2.02. The van der Waals surface area contributed by atoms with Crippen molar-refractivity contribution in [1.29, 1.82) is 0 Å². The standard InChI is InChI=1S/C13H18O5/c1-6-16-11-8(2)12(15)17-9(11)7-10(14)18-13(3,4)5/h7H,6H2,1-5H3/b9-7-. The van der Waals surface area contributed by atoms with Crippen molar-refractivity contribution in [3.8, 4) is 0 Å². The zero-order valence-electron chi connectivity index (χ0n) is 11.3. The van der Waals surface area contributed by atoms with Crippen LogP contribution in [0.1, 0.15) is 34.6 Å². The first-order valence-corrected chi connectivity index (χ1v) is 5.75. The third-order valence-corrected chi connectivity index (χ3v) is 2.02. The Bertz CT molecular complexity index is 423. The summed E-state index contributed by atoms with van der Waals surface area (Å²) in [6, 6.07) is 0. The van der Waals surface area contributed by atoms with E-state index in [1.54, 1.807) is 34.6 Å². The van der Waals surface area contributed by atoms with Gasteiger partial charge in [-0.25, -0.2) is 9.59 Å². The third kappa shape index (κ3) is 3.61. The van der Waals surface area contributed by atoms with Crippen LogP contribution in [0.2, 0.25) is 0 Å². The van der Waals surface area contributed by atoms with E-state index in [9.17, 15) is 9.59 Å². The van der Waals surface area contributed by atoms with Crippen LogP contribution in [0.5, 0.6) is 0 Å². The maximum Gasteiger partial charge on any atom is 0.343 e. The number of hydrogen-bond donors (Lipinski definition) is 0. The van der Waals surface area contributed by atoms with Gasteiger partial charge in [-0.15, -0.1) is 0 Å². The second-order valence-corrected chi connectivity index (χ2v) is 4.82. The Kier molecular flexibility index (Phi) is 4.16. The summed E-state index contributed by atoms with van der Waals surface area (Å²) >= 11 is 0. The Morgan fingerprint density at radius 3 is 2.50 bits per heavy atom. The van der Waals surface area contributed by atoms with Crippen LogP contribution in [-0.2, 0) is 23.8 Å². The average molecular weight is 254 g/mol. The summed E-state index contributed by atoms with van der Waals surface area (Å²) in [6.45, 7) is 9.03. The van der Waals surface area contributed by atoms with Gasteiger partial charge >= 0.3 is 11.9 Å². The van der Waals surface area contributed by atoms with Gasteiger partial charge in [0.25, 0.3) is 0 Å². The summed E-state index contributed by atoms with van der Waals surface area (Å²) in [5.74, 6) is -0.674. The predicted molar refractivity (Wildman–Crippen MR) is 64.3 cm³/mol. The Morgan fingerprint density at radius 2 is 2.00 bits per heavy atom. The summed E-state index contributed by atoms with van der Waals surface area (Å²) < 4.78 is 15.3. The van der Waals surface area contributed by atoms with E-state index in [0.717, 1.165) is 6.08 Å². The molecule has 0 bridgehead atoms. The van der Waals surface area contributed by atoms with Gasteiger partial charge in [-0.1, -0.05) is 0 Å². The molecule has 5 nitrogen and oxygen atoms in total. The van der Waals surface area contributed by atoms with Crippen molar-refractivity contribution in [2.45, 2.75) is 40.2 Å². The number of rotatable bonds is 3. The van der Waals surface area contributed by atoms with Crippen LogP contribution in [0, 0.1) is 0 Å². The van der Waals surface area contributed by atoms with Gasteiger partial charge in [0.05, 0.1) is 18.3 Å². The molecule has 0 aromatic carbocycles. The molecule has 100 valence electrons. The second kappa shape index (κ2) is 5.25. The lowest BCUT2D eigenvalue weighted by atomic mass is 10.2. The molecule has 0 aromatic rings. The van der Waals surface area contributed by atoms with Crippen LogP contribution in [0.3, 0.4) is 0 Å². The SMILES string of the molecule is CCOC1=C(C)C(=O)O/C1=C\C(=O)OC(C)(C)C. The maximum absolute atomic E-state index is 11.6. The van der Waals surface area contributed by atoms with Crippen LogP contribution >= 0.6 is 0 Å². The van der Waals surface area contributed by atoms with Crippen molar-refractivity contribution in [3.63, 3.8) is 0 Å². The average Bonchev–Trinajstić information content (AvgIpc) is 2.43. The number of ether oxygens (including phenoxy) is 3. The van der Waals surface area contributed by atoms with Gasteiger partial charge in [0.2, 0.25) is 0 Å². The molecule has 0 spiro atoms. The van der Waals surface area contributed by atoms with E-state index in [2.05, 4.69) is 0 Å². The van der Waals surface area contributed by atoms with Crippen molar-refractivity contribution in [1.82, 2.24) is 0 Å². The van der Waals surface area contributed by atoms with Gasteiger partial charge in [-0.05, 0) is 34.6 Å². The lowest BCUT2D eigenvalue weighted by molar-refractivity contribution is -0.148. The fourth-order valence-electron chi connectivity index (χ4n) is 1.36. The highest BCUT2D eigenvalue weighted by molar-refractivity contribution is 5.95. The number of esters is 2. The van der Waals surface area contributed by atoms with E-state index in [1.807, 2.05) is 0 Å². The number of carbonyl (C=O) groups excluding carboxylic acids is 2. The van der Waals surface area contributed by atoms with Crippen molar-refractivity contribution >= 4 is 11.9 Å². The highest BCUT2D eigenvalue weighted by atomic mass is 16.6. The van der Waals surface area contributed by atoms with E-state index in [4.69, 9.17) is 14.2 Å². The summed E-state index contributed by atoms with van der Waals surface area (Å²) in [4.78, 5) is 23.0. The van der Waals surface area contributed by atoms with Gasteiger partial charge < -0.3 is 14.2 Å². The van der Waals surface area contributed by atoms with Gasteiger partial charge in [-0.2, -0.15) is 0 Å².